The minimum Gasteiger partial charge on any atom is -0.399 e. The van der Waals surface area contributed by atoms with E-state index in [1.165, 1.54) is 6.07 Å². The molecular formula is C20H23F3N4S. The molecule has 0 bridgehead atoms. The second kappa shape index (κ2) is 8.68. The first-order valence-electron chi connectivity index (χ1n) is 9.18. The maximum atomic E-state index is 13.6. The minimum absolute atomic E-state index is 0.199. The number of nitrogens with one attached hydrogen (secondary N) is 2. The number of nitrogens with zero attached hydrogens (tertiary/aromatic N) is 1. The van der Waals surface area contributed by atoms with E-state index < -0.39 is 11.7 Å². The number of hydrogen-bond acceptors (Lipinski definition) is 3. The van der Waals surface area contributed by atoms with Crippen LogP contribution in [0.2, 0.25) is 0 Å². The number of benzene rings is 2. The van der Waals surface area contributed by atoms with Gasteiger partial charge in [0.2, 0.25) is 0 Å². The van der Waals surface area contributed by atoms with Crippen molar-refractivity contribution in [2.75, 3.05) is 29.0 Å². The number of nitrogens with two attached hydrogens (primary N) is 1. The molecule has 28 heavy (non-hydrogen) atoms. The Bertz CT molecular complexity index is 815. The van der Waals surface area contributed by atoms with Gasteiger partial charge in [0.1, 0.15) is 0 Å². The molecule has 1 saturated heterocycles. The third kappa shape index (κ3) is 5.28. The maximum absolute atomic E-state index is 13.6. The van der Waals surface area contributed by atoms with Crippen molar-refractivity contribution < 1.29 is 13.2 Å². The zero-order valence-corrected chi connectivity index (χ0v) is 16.2. The number of thiocarbonyl (C=S) groups is 1. The summed E-state index contributed by atoms with van der Waals surface area (Å²) in [5.41, 5.74) is 7.22. The molecule has 1 aliphatic rings. The molecule has 1 heterocycles. The predicted octanol–water partition coefficient (Wildman–Crippen LogP) is 4.76. The highest BCUT2D eigenvalue weighted by atomic mass is 32.1. The van der Waals surface area contributed by atoms with Crippen LogP contribution in [0.1, 0.15) is 30.4 Å². The SMILES string of the molecule is Nc1ccc(NC(=S)NCc2ccc(N3CCCCC3)c(C(F)(F)F)c2)cc1. The van der Waals surface area contributed by atoms with Crippen molar-refractivity contribution in [1.29, 1.82) is 0 Å². The normalized spacial score (nSPS) is 14.6. The standard InChI is InChI=1S/C20H23F3N4S/c21-20(22,23)17-12-14(4-9-18(17)27-10-2-1-3-11-27)13-25-19(28)26-16-7-5-15(24)6-8-16/h4-9,12H,1-3,10-11,13,24H2,(H2,25,26,28). The maximum Gasteiger partial charge on any atom is 0.418 e. The highest BCUT2D eigenvalue weighted by Crippen LogP contribution is 2.38. The quantitative estimate of drug-likeness (QED) is 0.503. The van der Waals surface area contributed by atoms with Gasteiger partial charge in [-0.25, -0.2) is 0 Å². The van der Waals surface area contributed by atoms with Gasteiger partial charge in [-0.3, -0.25) is 0 Å². The summed E-state index contributed by atoms with van der Waals surface area (Å²) >= 11 is 5.22. The zero-order valence-electron chi connectivity index (χ0n) is 15.4. The summed E-state index contributed by atoms with van der Waals surface area (Å²) in [6.07, 6.45) is -1.48. The molecule has 1 fully saturated rings. The number of rotatable bonds is 4. The summed E-state index contributed by atoms with van der Waals surface area (Å²) < 4.78 is 40.8. The molecular weight excluding hydrogens is 385 g/mol. The van der Waals surface area contributed by atoms with Gasteiger partial charge in [-0.1, -0.05) is 6.07 Å². The molecule has 0 spiro atoms. The molecule has 1 aliphatic heterocycles. The molecule has 0 aromatic heterocycles. The first kappa shape index (κ1) is 20.3. The molecule has 0 atom stereocenters. The summed E-state index contributed by atoms with van der Waals surface area (Å²) in [5, 5.41) is 6.26. The Morgan fingerprint density at radius 1 is 1.04 bits per heavy atom. The van der Waals surface area contributed by atoms with Crippen molar-refractivity contribution >= 4 is 34.4 Å². The van der Waals surface area contributed by atoms with Crippen molar-refractivity contribution in [1.82, 2.24) is 5.32 Å². The molecule has 0 saturated carbocycles. The van der Waals surface area contributed by atoms with Crippen LogP contribution in [0.5, 0.6) is 0 Å². The second-order valence-corrected chi connectivity index (χ2v) is 7.23. The molecule has 4 N–H and O–H groups in total. The van der Waals surface area contributed by atoms with E-state index >= 15 is 0 Å². The molecule has 4 nitrogen and oxygen atoms in total. The molecule has 0 unspecified atom stereocenters. The first-order chi connectivity index (χ1) is 13.3. The Labute approximate surface area is 167 Å². The Hall–Kier alpha value is -2.48. The van der Waals surface area contributed by atoms with Crippen molar-refractivity contribution in [3.8, 4) is 0 Å². The number of hydrogen-bond donors (Lipinski definition) is 3. The largest absolute Gasteiger partial charge is 0.418 e. The summed E-state index contributed by atoms with van der Waals surface area (Å²) in [4.78, 5) is 1.83. The van der Waals surface area contributed by atoms with E-state index in [2.05, 4.69) is 10.6 Å². The first-order valence-corrected chi connectivity index (χ1v) is 9.59. The van der Waals surface area contributed by atoms with E-state index in [0.29, 0.717) is 29.5 Å². The number of piperidine rings is 1. The van der Waals surface area contributed by atoms with Gasteiger partial charge in [0, 0.05) is 36.7 Å². The third-order valence-electron chi connectivity index (χ3n) is 4.68. The highest BCUT2D eigenvalue weighted by Gasteiger charge is 2.35. The van der Waals surface area contributed by atoms with Gasteiger partial charge in [-0.05, 0) is 73.4 Å². The van der Waals surface area contributed by atoms with Crippen LogP contribution in [-0.4, -0.2) is 18.2 Å². The number of alkyl halides is 3. The van der Waals surface area contributed by atoms with Crippen LogP contribution in [0.15, 0.2) is 42.5 Å². The number of anilines is 3. The van der Waals surface area contributed by atoms with E-state index in [1.54, 1.807) is 36.4 Å². The highest BCUT2D eigenvalue weighted by molar-refractivity contribution is 7.80. The van der Waals surface area contributed by atoms with Gasteiger partial charge in [0.25, 0.3) is 0 Å². The van der Waals surface area contributed by atoms with Crippen LogP contribution < -0.4 is 21.3 Å². The van der Waals surface area contributed by atoms with E-state index in [-0.39, 0.29) is 12.2 Å². The lowest BCUT2D eigenvalue weighted by atomic mass is 10.0. The molecule has 8 heteroatoms. The summed E-state index contributed by atoms with van der Waals surface area (Å²) in [7, 11) is 0. The predicted molar refractivity (Wildman–Crippen MR) is 111 cm³/mol. The number of nitrogen functional groups attached to an aromatic ring is 1. The fourth-order valence-corrected chi connectivity index (χ4v) is 3.44. The van der Waals surface area contributed by atoms with Gasteiger partial charge in [0.05, 0.1) is 5.56 Å². The minimum atomic E-state index is -4.40. The Balaban J connectivity index is 1.68. The topological polar surface area (TPSA) is 53.3 Å². The Morgan fingerprint density at radius 2 is 1.71 bits per heavy atom. The fraction of sp³-hybridized carbons (Fsp3) is 0.350. The Kier molecular flexibility index (Phi) is 6.28. The van der Waals surface area contributed by atoms with Gasteiger partial charge in [-0.2, -0.15) is 13.2 Å². The lowest BCUT2D eigenvalue weighted by Gasteiger charge is -2.31. The van der Waals surface area contributed by atoms with Crippen molar-refractivity contribution in [2.45, 2.75) is 32.0 Å². The fourth-order valence-electron chi connectivity index (χ4n) is 3.25. The van der Waals surface area contributed by atoms with E-state index in [4.69, 9.17) is 18.0 Å². The van der Waals surface area contributed by atoms with E-state index in [1.807, 2.05) is 4.90 Å². The van der Waals surface area contributed by atoms with Gasteiger partial charge in [0.15, 0.2) is 5.11 Å². The van der Waals surface area contributed by atoms with Gasteiger partial charge < -0.3 is 21.3 Å². The van der Waals surface area contributed by atoms with Crippen molar-refractivity contribution in [3.63, 3.8) is 0 Å². The number of halogens is 3. The van der Waals surface area contributed by atoms with Crippen LogP contribution >= 0.6 is 12.2 Å². The van der Waals surface area contributed by atoms with Crippen LogP contribution in [0, 0.1) is 0 Å². The van der Waals surface area contributed by atoms with Crippen LogP contribution in [0.25, 0.3) is 0 Å². The average molecular weight is 408 g/mol. The van der Waals surface area contributed by atoms with Crippen LogP contribution in [0.4, 0.5) is 30.2 Å². The summed E-state index contributed by atoms with van der Waals surface area (Å²) in [5.74, 6) is 0. The Morgan fingerprint density at radius 3 is 2.36 bits per heavy atom. The van der Waals surface area contributed by atoms with Crippen molar-refractivity contribution in [3.05, 3.63) is 53.6 Å². The zero-order chi connectivity index (χ0) is 20.1. The monoisotopic (exact) mass is 408 g/mol. The smallest absolute Gasteiger partial charge is 0.399 e. The summed E-state index contributed by atoms with van der Waals surface area (Å²) in [6.45, 7) is 1.52. The molecule has 2 aromatic carbocycles. The molecule has 150 valence electrons. The second-order valence-electron chi connectivity index (χ2n) is 6.83. The average Bonchev–Trinajstić information content (AvgIpc) is 2.68. The molecule has 0 radical (unpaired) electrons. The molecule has 3 rings (SSSR count). The molecule has 0 amide bonds. The molecule has 0 aliphatic carbocycles. The summed E-state index contributed by atoms with van der Waals surface area (Å²) in [6, 6.07) is 11.5. The van der Waals surface area contributed by atoms with Crippen molar-refractivity contribution in [2.24, 2.45) is 0 Å². The van der Waals surface area contributed by atoms with Crippen LogP contribution in [-0.2, 0) is 12.7 Å². The molecule has 2 aromatic rings. The van der Waals surface area contributed by atoms with E-state index in [0.717, 1.165) is 24.9 Å². The van der Waals surface area contributed by atoms with Crippen LogP contribution in [0.3, 0.4) is 0 Å². The van der Waals surface area contributed by atoms with Gasteiger partial charge in [-0.15, -0.1) is 0 Å². The van der Waals surface area contributed by atoms with E-state index in [9.17, 15) is 13.2 Å². The lowest BCUT2D eigenvalue weighted by Crippen LogP contribution is -2.31. The third-order valence-corrected chi connectivity index (χ3v) is 4.93. The lowest BCUT2D eigenvalue weighted by molar-refractivity contribution is -0.137. The van der Waals surface area contributed by atoms with Gasteiger partial charge >= 0.3 is 6.18 Å².